The van der Waals surface area contributed by atoms with Gasteiger partial charge in [-0.15, -0.1) is 0 Å². The average Bonchev–Trinajstić information content (AvgIpc) is 3.24. The molecule has 164 valence electrons. The van der Waals surface area contributed by atoms with E-state index in [-0.39, 0.29) is 0 Å². The van der Waals surface area contributed by atoms with Crippen molar-refractivity contribution in [1.29, 1.82) is 0 Å². The minimum absolute atomic E-state index is 0.600. The third-order valence-corrected chi connectivity index (χ3v) is 6.78. The van der Waals surface area contributed by atoms with Crippen molar-refractivity contribution in [2.45, 2.75) is 19.3 Å². The molecule has 0 amide bonds. The molecule has 0 aliphatic carbocycles. The van der Waals surface area contributed by atoms with Crippen molar-refractivity contribution in [3.8, 4) is 16.7 Å². The maximum atomic E-state index is 5.96. The van der Waals surface area contributed by atoms with Crippen molar-refractivity contribution < 1.29 is 9.47 Å². The molecular formula is C26H27N3O2S. The summed E-state index contributed by atoms with van der Waals surface area (Å²) in [5.74, 6) is 2.41. The van der Waals surface area contributed by atoms with Crippen molar-refractivity contribution in [2.24, 2.45) is 5.92 Å². The van der Waals surface area contributed by atoms with Crippen LogP contribution in [0.4, 0.5) is 0 Å². The number of aromatic nitrogens is 2. The number of likely N-dealkylation sites (tertiary alicyclic amines) is 1. The van der Waals surface area contributed by atoms with Crippen LogP contribution < -0.4 is 9.47 Å². The summed E-state index contributed by atoms with van der Waals surface area (Å²) in [4.78, 5) is 12.2. The first kappa shape index (κ1) is 20.9. The summed E-state index contributed by atoms with van der Waals surface area (Å²) >= 11 is 1.45. The lowest BCUT2D eigenvalue weighted by atomic mass is 9.90. The first-order chi connectivity index (χ1) is 15.8. The monoisotopic (exact) mass is 445 g/mol. The number of thiazole rings is 1. The molecule has 0 N–H and O–H groups in total. The molecule has 0 radical (unpaired) electrons. The largest absolute Gasteiger partial charge is 0.492 e. The number of hydrogen-bond acceptors (Lipinski definition) is 6. The van der Waals surface area contributed by atoms with Crippen LogP contribution in [0.3, 0.4) is 0 Å². The van der Waals surface area contributed by atoms with E-state index in [4.69, 9.17) is 9.47 Å². The molecule has 5 rings (SSSR count). The zero-order valence-electron chi connectivity index (χ0n) is 18.0. The van der Waals surface area contributed by atoms with E-state index in [9.17, 15) is 0 Å². The van der Waals surface area contributed by atoms with Crippen LogP contribution in [0.5, 0.6) is 16.7 Å². The fourth-order valence-electron chi connectivity index (χ4n) is 4.15. The Morgan fingerprint density at radius 3 is 2.47 bits per heavy atom. The molecule has 2 aromatic heterocycles. The molecular weight excluding hydrogens is 418 g/mol. The highest BCUT2D eigenvalue weighted by atomic mass is 32.1. The standard InChI is InChI=1S/C26H27N3O2S/c1-2-5-20(6-3-1)19-21-12-15-29(16-13-21)17-18-30-22-8-10-23(11-9-22)31-26-28-24-7-4-14-27-25(24)32-26/h1-11,14,21H,12-13,15-19H2. The van der Waals surface area contributed by atoms with Gasteiger partial charge in [0.15, 0.2) is 0 Å². The summed E-state index contributed by atoms with van der Waals surface area (Å²) in [6.07, 6.45) is 5.50. The van der Waals surface area contributed by atoms with Crippen LogP contribution in [0.25, 0.3) is 10.3 Å². The van der Waals surface area contributed by atoms with Crippen LogP contribution in [0.2, 0.25) is 0 Å². The number of ether oxygens (including phenoxy) is 2. The lowest BCUT2D eigenvalue weighted by Crippen LogP contribution is -2.36. The molecule has 0 saturated carbocycles. The second-order valence-corrected chi connectivity index (χ2v) is 9.14. The quantitative estimate of drug-likeness (QED) is 0.342. The summed E-state index contributed by atoms with van der Waals surface area (Å²) in [7, 11) is 0. The van der Waals surface area contributed by atoms with Crippen molar-refractivity contribution in [2.75, 3.05) is 26.2 Å². The van der Waals surface area contributed by atoms with Gasteiger partial charge in [-0.3, -0.25) is 4.90 Å². The summed E-state index contributed by atoms with van der Waals surface area (Å²) in [6.45, 7) is 3.98. The lowest BCUT2D eigenvalue weighted by Gasteiger charge is -2.31. The van der Waals surface area contributed by atoms with E-state index in [1.807, 2.05) is 36.4 Å². The van der Waals surface area contributed by atoms with E-state index in [0.717, 1.165) is 47.4 Å². The van der Waals surface area contributed by atoms with E-state index in [1.54, 1.807) is 6.20 Å². The van der Waals surface area contributed by atoms with Crippen LogP contribution in [-0.4, -0.2) is 41.1 Å². The van der Waals surface area contributed by atoms with Crippen molar-refractivity contribution in [3.05, 3.63) is 78.5 Å². The molecule has 0 unspecified atom stereocenters. The van der Waals surface area contributed by atoms with Crippen LogP contribution >= 0.6 is 11.3 Å². The number of pyridine rings is 1. The number of piperidine rings is 1. The minimum atomic E-state index is 0.600. The van der Waals surface area contributed by atoms with Crippen molar-refractivity contribution in [1.82, 2.24) is 14.9 Å². The van der Waals surface area contributed by atoms with Gasteiger partial charge in [-0.2, -0.15) is 0 Å². The molecule has 2 aromatic carbocycles. The van der Waals surface area contributed by atoms with Gasteiger partial charge in [0.1, 0.15) is 28.5 Å². The highest BCUT2D eigenvalue weighted by molar-refractivity contribution is 7.19. The smallest absolute Gasteiger partial charge is 0.281 e. The second-order valence-electron chi connectivity index (χ2n) is 8.20. The van der Waals surface area contributed by atoms with E-state index in [1.165, 1.54) is 36.2 Å². The highest BCUT2D eigenvalue weighted by Gasteiger charge is 2.19. The molecule has 0 spiro atoms. The van der Waals surface area contributed by atoms with Crippen LogP contribution in [0, 0.1) is 5.92 Å². The second kappa shape index (κ2) is 10.1. The first-order valence-electron chi connectivity index (χ1n) is 11.2. The normalized spacial score (nSPS) is 15.1. The van der Waals surface area contributed by atoms with E-state index in [2.05, 4.69) is 45.2 Å². The average molecular weight is 446 g/mol. The van der Waals surface area contributed by atoms with E-state index in [0.29, 0.717) is 11.8 Å². The molecule has 3 heterocycles. The molecule has 0 bridgehead atoms. The van der Waals surface area contributed by atoms with Gasteiger partial charge in [-0.05, 0) is 80.2 Å². The van der Waals surface area contributed by atoms with Crippen LogP contribution in [-0.2, 0) is 6.42 Å². The number of nitrogens with zero attached hydrogens (tertiary/aromatic N) is 3. The Bertz CT molecular complexity index is 1090. The first-order valence-corrected chi connectivity index (χ1v) is 12.0. The topological polar surface area (TPSA) is 47.5 Å². The third-order valence-electron chi connectivity index (χ3n) is 5.93. The summed E-state index contributed by atoms with van der Waals surface area (Å²) < 4.78 is 11.8. The predicted molar refractivity (Wildman–Crippen MR) is 129 cm³/mol. The number of hydrogen-bond donors (Lipinski definition) is 0. The lowest BCUT2D eigenvalue weighted by molar-refractivity contribution is 0.155. The SMILES string of the molecule is c1ccc(CC2CCN(CCOc3ccc(Oc4nc5cccnc5s4)cc3)CC2)cc1. The molecule has 4 aromatic rings. The number of benzene rings is 2. The Balaban J connectivity index is 1.04. The fourth-order valence-corrected chi connectivity index (χ4v) is 4.93. The zero-order valence-corrected chi connectivity index (χ0v) is 18.8. The molecule has 6 heteroatoms. The Hall–Kier alpha value is -2.96. The predicted octanol–water partition coefficient (Wildman–Crippen LogP) is 5.82. The summed E-state index contributed by atoms with van der Waals surface area (Å²) in [5, 5.41) is 0.600. The molecule has 1 saturated heterocycles. The van der Waals surface area contributed by atoms with Gasteiger partial charge in [0, 0.05) is 12.7 Å². The number of rotatable bonds is 8. The molecule has 1 fully saturated rings. The highest BCUT2D eigenvalue weighted by Crippen LogP contribution is 2.30. The van der Waals surface area contributed by atoms with Gasteiger partial charge in [0.2, 0.25) is 0 Å². The number of fused-ring (bicyclic) bond motifs is 1. The Labute approximate surface area is 192 Å². The molecule has 1 aliphatic heterocycles. The molecule has 0 atom stereocenters. The zero-order chi connectivity index (χ0) is 21.6. The molecule has 1 aliphatic rings. The van der Waals surface area contributed by atoms with Gasteiger partial charge < -0.3 is 9.47 Å². The van der Waals surface area contributed by atoms with Crippen LogP contribution in [0.15, 0.2) is 72.9 Å². The maximum Gasteiger partial charge on any atom is 0.281 e. The minimum Gasteiger partial charge on any atom is -0.492 e. The summed E-state index contributed by atoms with van der Waals surface area (Å²) in [5.41, 5.74) is 2.32. The fraction of sp³-hybridized carbons (Fsp3) is 0.308. The maximum absolute atomic E-state index is 5.96. The molecule has 32 heavy (non-hydrogen) atoms. The van der Waals surface area contributed by atoms with E-state index < -0.39 is 0 Å². The van der Waals surface area contributed by atoms with E-state index >= 15 is 0 Å². The van der Waals surface area contributed by atoms with Gasteiger partial charge in [0.05, 0.1) is 0 Å². The third kappa shape index (κ3) is 5.44. The Morgan fingerprint density at radius 1 is 0.906 bits per heavy atom. The van der Waals surface area contributed by atoms with Gasteiger partial charge in [-0.25, -0.2) is 9.97 Å². The van der Waals surface area contributed by atoms with Gasteiger partial charge in [-0.1, -0.05) is 41.7 Å². The van der Waals surface area contributed by atoms with Crippen molar-refractivity contribution in [3.63, 3.8) is 0 Å². The summed E-state index contributed by atoms with van der Waals surface area (Å²) in [6, 6.07) is 22.4. The molecule has 5 nitrogen and oxygen atoms in total. The van der Waals surface area contributed by atoms with Crippen LogP contribution in [0.1, 0.15) is 18.4 Å². The van der Waals surface area contributed by atoms with Crippen molar-refractivity contribution >= 4 is 21.7 Å². The van der Waals surface area contributed by atoms with Gasteiger partial charge >= 0.3 is 0 Å². The Kier molecular flexibility index (Phi) is 6.61. The van der Waals surface area contributed by atoms with Gasteiger partial charge in [0.25, 0.3) is 5.19 Å². The Morgan fingerprint density at radius 2 is 1.69 bits per heavy atom.